The first-order chi connectivity index (χ1) is 12.4. The normalized spacial score (nSPS) is 10.9. The molecule has 3 rings (SSSR count). The van der Waals surface area contributed by atoms with Crippen molar-refractivity contribution >= 4 is 34.7 Å². The molecule has 0 aliphatic carbocycles. The number of benzene rings is 1. The maximum atomic E-state index is 12.3. The van der Waals surface area contributed by atoms with Crippen LogP contribution in [0.5, 0.6) is 0 Å². The number of carbonyl (C=O) groups is 2. The standard InChI is InChI=1S/C18H16ClN3O3S/c1-3-12-15(19)22-16(21-12)13(23)8-10-4-6-11(7-5-10)17-20-9(2)14(26-17)18(24)25/h4-7H,3,8H2,1-2H3,(H,21,22)(H,24,25). The Labute approximate surface area is 158 Å². The van der Waals surface area contributed by atoms with Gasteiger partial charge in [0.05, 0.1) is 11.4 Å². The predicted octanol–water partition coefficient (Wildman–Crippen LogP) is 4.18. The van der Waals surface area contributed by atoms with Gasteiger partial charge in [-0.3, -0.25) is 4.79 Å². The Morgan fingerprint density at radius 1 is 1.23 bits per heavy atom. The molecule has 6 nitrogen and oxygen atoms in total. The molecule has 8 heteroatoms. The van der Waals surface area contributed by atoms with Gasteiger partial charge in [0.25, 0.3) is 0 Å². The van der Waals surface area contributed by atoms with Gasteiger partial charge in [0, 0.05) is 12.0 Å². The number of aromatic carboxylic acids is 1. The number of nitrogens with zero attached hydrogens (tertiary/aromatic N) is 2. The molecule has 2 heterocycles. The minimum Gasteiger partial charge on any atom is -0.477 e. The van der Waals surface area contributed by atoms with Crippen LogP contribution in [0.25, 0.3) is 10.6 Å². The van der Waals surface area contributed by atoms with E-state index in [0.29, 0.717) is 22.3 Å². The van der Waals surface area contributed by atoms with Crippen LogP contribution >= 0.6 is 22.9 Å². The molecule has 2 N–H and O–H groups in total. The molecule has 0 saturated carbocycles. The molecular weight excluding hydrogens is 374 g/mol. The van der Waals surface area contributed by atoms with Crippen LogP contribution in [0.4, 0.5) is 0 Å². The number of halogens is 1. The summed E-state index contributed by atoms with van der Waals surface area (Å²) in [5, 5.41) is 10.1. The van der Waals surface area contributed by atoms with Crippen molar-refractivity contribution < 1.29 is 14.7 Å². The maximum Gasteiger partial charge on any atom is 0.347 e. The van der Waals surface area contributed by atoms with Gasteiger partial charge in [0.1, 0.15) is 9.88 Å². The molecule has 0 aliphatic heterocycles. The summed E-state index contributed by atoms with van der Waals surface area (Å²) in [4.78, 5) is 35.0. The van der Waals surface area contributed by atoms with E-state index < -0.39 is 5.97 Å². The molecule has 0 atom stereocenters. The summed E-state index contributed by atoms with van der Waals surface area (Å²) in [7, 11) is 0. The SMILES string of the molecule is CCc1[nH]c(C(=O)Cc2ccc(-c3nc(C)c(C(=O)O)s3)cc2)nc1Cl. The molecule has 1 aromatic carbocycles. The second-order valence-electron chi connectivity index (χ2n) is 5.74. The van der Waals surface area contributed by atoms with Crippen LogP contribution in [-0.4, -0.2) is 31.8 Å². The van der Waals surface area contributed by atoms with Crippen LogP contribution in [-0.2, 0) is 12.8 Å². The van der Waals surface area contributed by atoms with Crippen LogP contribution in [0, 0.1) is 6.92 Å². The summed E-state index contributed by atoms with van der Waals surface area (Å²) in [6.07, 6.45) is 0.879. The number of aryl methyl sites for hydroxylation is 2. The number of carboxylic acids is 1. The number of carboxylic acid groups (broad SMARTS) is 1. The van der Waals surface area contributed by atoms with E-state index in [1.54, 1.807) is 6.92 Å². The quantitative estimate of drug-likeness (QED) is 0.616. The lowest BCUT2D eigenvalue weighted by molar-refractivity contribution is 0.0701. The monoisotopic (exact) mass is 389 g/mol. The fraction of sp³-hybridized carbons (Fsp3) is 0.222. The summed E-state index contributed by atoms with van der Waals surface area (Å²) in [6, 6.07) is 7.32. The van der Waals surface area contributed by atoms with Gasteiger partial charge in [-0.05, 0) is 18.9 Å². The molecule has 0 radical (unpaired) electrons. The van der Waals surface area contributed by atoms with Gasteiger partial charge in [0.2, 0.25) is 5.78 Å². The molecule has 0 aliphatic rings. The van der Waals surface area contributed by atoms with Gasteiger partial charge in [-0.25, -0.2) is 14.8 Å². The molecule has 0 spiro atoms. The molecule has 0 fully saturated rings. The van der Waals surface area contributed by atoms with Crippen molar-refractivity contribution in [2.24, 2.45) is 0 Å². The van der Waals surface area contributed by atoms with Crippen molar-refractivity contribution in [1.82, 2.24) is 15.0 Å². The number of aromatic amines is 1. The van der Waals surface area contributed by atoms with Crippen LogP contribution in [0.15, 0.2) is 24.3 Å². The van der Waals surface area contributed by atoms with E-state index in [9.17, 15) is 9.59 Å². The molecular formula is C18H16ClN3O3S. The smallest absolute Gasteiger partial charge is 0.347 e. The highest BCUT2D eigenvalue weighted by Gasteiger charge is 2.16. The Kier molecular flexibility index (Phi) is 5.20. The number of H-pyrrole nitrogens is 1. The van der Waals surface area contributed by atoms with Crippen molar-refractivity contribution in [1.29, 1.82) is 0 Å². The van der Waals surface area contributed by atoms with Crippen LogP contribution in [0.3, 0.4) is 0 Å². The number of aromatic nitrogens is 3. The molecule has 26 heavy (non-hydrogen) atoms. The zero-order valence-corrected chi connectivity index (χ0v) is 15.7. The Hall–Kier alpha value is -2.51. The Morgan fingerprint density at radius 3 is 2.46 bits per heavy atom. The van der Waals surface area contributed by atoms with Gasteiger partial charge in [0.15, 0.2) is 11.0 Å². The summed E-state index contributed by atoms with van der Waals surface area (Å²) in [5.74, 6) is -0.854. The molecule has 0 bridgehead atoms. The van der Waals surface area contributed by atoms with Crippen molar-refractivity contribution in [3.05, 3.63) is 57.1 Å². The average molecular weight is 390 g/mol. The number of hydrogen-bond donors (Lipinski definition) is 2. The van der Waals surface area contributed by atoms with E-state index in [0.717, 1.165) is 28.2 Å². The number of carbonyl (C=O) groups excluding carboxylic acids is 1. The topological polar surface area (TPSA) is 95.9 Å². The van der Waals surface area contributed by atoms with Crippen LogP contribution in [0.2, 0.25) is 5.15 Å². The number of rotatable bonds is 6. The second-order valence-corrected chi connectivity index (χ2v) is 7.10. The summed E-state index contributed by atoms with van der Waals surface area (Å²) < 4.78 is 0. The van der Waals surface area contributed by atoms with Crippen molar-refractivity contribution in [3.63, 3.8) is 0 Å². The lowest BCUT2D eigenvalue weighted by Crippen LogP contribution is -2.05. The van der Waals surface area contributed by atoms with Gasteiger partial charge in [-0.2, -0.15) is 0 Å². The number of thiazole rings is 1. The third-order valence-electron chi connectivity index (χ3n) is 3.90. The molecule has 0 amide bonds. The molecule has 0 unspecified atom stereocenters. The fourth-order valence-electron chi connectivity index (χ4n) is 2.51. The van der Waals surface area contributed by atoms with E-state index >= 15 is 0 Å². The fourth-order valence-corrected chi connectivity index (χ4v) is 3.68. The Morgan fingerprint density at radius 2 is 1.92 bits per heavy atom. The third-order valence-corrected chi connectivity index (χ3v) is 5.41. The largest absolute Gasteiger partial charge is 0.477 e. The van der Waals surface area contributed by atoms with Crippen molar-refractivity contribution in [3.8, 4) is 10.6 Å². The number of ketones is 1. The average Bonchev–Trinajstić information content (AvgIpc) is 3.18. The van der Waals surface area contributed by atoms with Gasteiger partial charge in [-0.15, -0.1) is 11.3 Å². The first-order valence-corrected chi connectivity index (χ1v) is 9.16. The lowest BCUT2D eigenvalue weighted by atomic mass is 10.1. The zero-order chi connectivity index (χ0) is 18.8. The highest BCUT2D eigenvalue weighted by Crippen LogP contribution is 2.28. The molecule has 2 aromatic heterocycles. The number of nitrogens with one attached hydrogen (secondary N) is 1. The van der Waals surface area contributed by atoms with Gasteiger partial charge < -0.3 is 10.1 Å². The minimum absolute atomic E-state index is 0.141. The van der Waals surface area contributed by atoms with Crippen LogP contribution < -0.4 is 0 Å². The molecule has 134 valence electrons. The van der Waals surface area contributed by atoms with Gasteiger partial charge in [-0.1, -0.05) is 42.8 Å². The lowest BCUT2D eigenvalue weighted by Gasteiger charge is -2.01. The first-order valence-electron chi connectivity index (χ1n) is 7.96. The van der Waals surface area contributed by atoms with Crippen molar-refractivity contribution in [2.45, 2.75) is 26.7 Å². The van der Waals surface area contributed by atoms with Gasteiger partial charge >= 0.3 is 5.97 Å². The summed E-state index contributed by atoms with van der Waals surface area (Å²) in [5.41, 5.74) is 2.89. The minimum atomic E-state index is -0.975. The Balaban J connectivity index is 1.76. The number of hydrogen-bond acceptors (Lipinski definition) is 5. The molecule has 0 saturated heterocycles. The predicted molar refractivity (Wildman–Crippen MR) is 100 cm³/mol. The maximum absolute atomic E-state index is 12.3. The summed E-state index contributed by atoms with van der Waals surface area (Å²) >= 11 is 7.11. The zero-order valence-electron chi connectivity index (χ0n) is 14.2. The van der Waals surface area contributed by atoms with E-state index in [2.05, 4.69) is 15.0 Å². The van der Waals surface area contributed by atoms with Crippen LogP contribution in [0.1, 0.15) is 44.2 Å². The number of Topliss-reactive ketones (excluding diaryl/α,β-unsaturated/α-hetero) is 1. The van der Waals surface area contributed by atoms with E-state index in [-0.39, 0.29) is 22.9 Å². The Bertz CT molecular complexity index is 976. The van der Waals surface area contributed by atoms with Crippen molar-refractivity contribution in [2.75, 3.05) is 0 Å². The first kappa shape index (κ1) is 18.3. The third kappa shape index (κ3) is 3.68. The summed E-state index contributed by atoms with van der Waals surface area (Å²) in [6.45, 7) is 3.61. The van der Waals surface area contributed by atoms with E-state index in [1.165, 1.54) is 0 Å². The second kappa shape index (κ2) is 7.39. The highest BCUT2D eigenvalue weighted by atomic mass is 35.5. The highest BCUT2D eigenvalue weighted by molar-refractivity contribution is 7.17. The van der Waals surface area contributed by atoms with E-state index in [4.69, 9.17) is 16.7 Å². The molecule has 3 aromatic rings. The van der Waals surface area contributed by atoms with E-state index in [1.807, 2.05) is 31.2 Å². The number of imidazole rings is 1.